The molecule has 5 aliphatic rings. The van der Waals surface area contributed by atoms with E-state index in [1.54, 1.807) is 12.1 Å². The van der Waals surface area contributed by atoms with E-state index in [1.807, 2.05) is 25.7 Å². The van der Waals surface area contributed by atoms with Gasteiger partial charge in [0, 0.05) is 69.9 Å². The van der Waals surface area contributed by atoms with Crippen molar-refractivity contribution in [1.29, 1.82) is 0 Å². The summed E-state index contributed by atoms with van der Waals surface area (Å²) >= 11 is 0. The molecule has 11 nitrogen and oxygen atoms in total. The van der Waals surface area contributed by atoms with Crippen molar-refractivity contribution in [3.63, 3.8) is 0 Å². The number of benzene rings is 1. The van der Waals surface area contributed by atoms with Gasteiger partial charge in [0.2, 0.25) is 11.8 Å². The Morgan fingerprint density at radius 3 is 2.09 bits per heavy atom. The quantitative estimate of drug-likeness (QED) is 0.474. The average molecular weight is 641 g/mol. The fourth-order valence-corrected chi connectivity index (χ4v) is 7.71. The topological polar surface area (TPSA) is 106 Å². The molecule has 4 fully saturated rings. The van der Waals surface area contributed by atoms with Crippen molar-refractivity contribution in [3.05, 3.63) is 29.1 Å². The second-order valence-electron chi connectivity index (χ2n) is 14.8. The number of hydrogen-bond acceptors (Lipinski definition) is 8. The number of halogens is 1. The summed E-state index contributed by atoms with van der Waals surface area (Å²) in [6.45, 7) is 14.9. The van der Waals surface area contributed by atoms with E-state index in [0.717, 1.165) is 78.3 Å². The molecule has 4 amide bonds. The van der Waals surface area contributed by atoms with Crippen molar-refractivity contribution in [2.24, 2.45) is 11.8 Å². The van der Waals surface area contributed by atoms with Crippen LogP contribution in [0.3, 0.4) is 0 Å². The van der Waals surface area contributed by atoms with E-state index in [9.17, 15) is 19.2 Å². The van der Waals surface area contributed by atoms with Crippen LogP contribution in [0.4, 0.5) is 14.9 Å². The second-order valence-corrected chi connectivity index (χ2v) is 14.8. The Bertz CT molecular complexity index is 1330. The Labute approximate surface area is 271 Å². The van der Waals surface area contributed by atoms with Gasteiger partial charge in [0.25, 0.3) is 5.91 Å². The molecule has 1 aromatic rings. The number of ether oxygens (including phenoxy) is 1. The van der Waals surface area contributed by atoms with Gasteiger partial charge < -0.3 is 24.3 Å². The normalized spacial score (nSPS) is 24.4. The summed E-state index contributed by atoms with van der Waals surface area (Å²) < 4.78 is 21.3. The van der Waals surface area contributed by atoms with Crippen molar-refractivity contribution in [2.75, 3.05) is 70.3 Å². The molecule has 0 bridgehead atoms. The second kappa shape index (κ2) is 13.5. The van der Waals surface area contributed by atoms with Crippen LogP contribution >= 0.6 is 0 Å². The predicted octanol–water partition coefficient (Wildman–Crippen LogP) is 3.07. The number of fused-ring (bicyclic) bond motifs is 1. The van der Waals surface area contributed by atoms with Crippen molar-refractivity contribution >= 4 is 29.5 Å². The average Bonchev–Trinajstić information content (AvgIpc) is 3.35. The van der Waals surface area contributed by atoms with E-state index in [2.05, 4.69) is 20.0 Å². The summed E-state index contributed by atoms with van der Waals surface area (Å²) in [5.41, 5.74) is 0.707. The molecule has 6 rings (SSSR count). The maximum atomic E-state index is 15.8. The van der Waals surface area contributed by atoms with Crippen LogP contribution in [0.1, 0.15) is 75.2 Å². The monoisotopic (exact) mass is 640 g/mol. The SMILES string of the molecule is CC(C)(C)OC(=O)N1CCC(CN2CCC(CN3CCN(c4ccc5c(c4F)CN(C4CCC(=O)NC4=O)C5=O)CC3)CC2)CC1. The number of piperidine rings is 3. The molecule has 46 heavy (non-hydrogen) atoms. The summed E-state index contributed by atoms with van der Waals surface area (Å²) in [4.78, 5) is 59.8. The number of hydrogen-bond donors (Lipinski definition) is 1. The van der Waals surface area contributed by atoms with E-state index in [4.69, 9.17) is 4.74 Å². The van der Waals surface area contributed by atoms with Gasteiger partial charge in [0.15, 0.2) is 5.82 Å². The Morgan fingerprint density at radius 2 is 1.48 bits per heavy atom. The van der Waals surface area contributed by atoms with Crippen molar-refractivity contribution < 1.29 is 28.3 Å². The van der Waals surface area contributed by atoms with Crippen molar-refractivity contribution in [1.82, 2.24) is 24.9 Å². The first kappa shape index (κ1) is 32.7. The first-order valence-electron chi connectivity index (χ1n) is 17.1. The Morgan fingerprint density at radius 1 is 0.870 bits per heavy atom. The van der Waals surface area contributed by atoms with Gasteiger partial charge in [-0.3, -0.25) is 24.6 Å². The van der Waals surface area contributed by atoms with Crippen LogP contribution < -0.4 is 10.2 Å². The number of rotatable bonds is 6. The van der Waals surface area contributed by atoms with Gasteiger partial charge in [0.05, 0.1) is 12.2 Å². The maximum Gasteiger partial charge on any atom is 0.410 e. The van der Waals surface area contributed by atoms with Crippen LogP contribution in [0.15, 0.2) is 12.1 Å². The third-order valence-corrected chi connectivity index (χ3v) is 10.3. The van der Waals surface area contributed by atoms with Gasteiger partial charge in [-0.1, -0.05) is 0 Å². The lowest BCUT2D eigenvalue weighted by atomic mass is 9.92. The molecule has 0 saturated carbocycles. The van der Waals surface area contributed by atoms with Crippen LogP contribution in [0.5, 0.6) is 0 Å². The zero-order valence-corrected chi connectivity index (χ0v) is 27.6. The minimum absolute atomic E-state index is 0.0457. The molecule has 4 saturated heterocycles. The molecule has 5 heterocycles. The van der Waals surface area contributed by atoms with Crippen molar-refractivity contribution in [3.8, 4) is 0 Å². The van der Waals surface area contributed by atoms with Gasteiger partial charge in [0.1, 0.15) is 11.6 Å². The first-order chi connectivity index (χ1) is 21.9. The summed E-state index contributed by atoms with van der Waals surface area (Å²) in [5.74, 6) is -0.267. The number of nitrogens with one attached hydrogen (secondary N) is 1. The van der Waals surface area contributed by atoms with Crippen LogP contribution in [0.25, 0.3) is 0 Å². The number of amides is 4. The Hall–Kier alpha value is -3.25. The molecule has 1 unspecified atom stereocenters. The number of carbonyl (C=O) groups excluding carboxylic acids is 4. The summed E-state index contributed by atoms with van der Waals surface area (Å²) in [6.07, 6.45) is 4.68. The van der Waals surface area contributed by atoms with Gasteiger partial charge in [-0.25, -0.2) is 9.18 Å². The van der Waals surface area contributed by atoms with Gasteiger partial charge in [-0.05, 0) is 89.9 Å². The Balaban J connectivity index is 0.925. The lowest BCUT2D eigenvalue weighted by Crippen LogP contribution is -2.52. The van der Waals surface area contributed by atoms with Crippen molar-refractivity contribution in [2.45, 2.75) is 77.5 Å². The molecule has 0 radical (unpaired) electrons. The third-order valence-electron chi connectivity index (χ3n) is 10.3. The Kier molecular flexibility index (Phi) is 9.57. The highest BCUT2D eigenvalue weighted by atomic mass is 19.1. The summed E-state index contributed by atoms with van der Waals surface area (Å²) in [5, 5.41) is 2.30. The number of carbonyl (C=O) groups is 4. The number of likely N-dealkylation sites (tertiary alicyclic amines) is 2. The smallest absolute Gasteiger partial charge is 0.410 e. The van der Waals surface area contributed by atoms with Crippen LogP contribution in [-0.4, -0.2) is 121 Å². The van der Waals surface area contributed by atoms with Gasteiger partial charge >= 0.3 is 6.09 Å². The highest BCUT2D eigenvalue weighted by molar-refractivity contribution is 6.05. The molecular formula is C34H49FN6O5. The van der Waals surface area contributed by atoms with Gasteiger partial charge in [-0.15, -0.1) is 0 Å². The van der Waals surface area contributed by atoms with Crippen LogP contribution in [0.2, 0.25) is 0 Å². The molecule has 5 aliphatic heterocycles. The fourth-order valence-electron chi connectivity index (χ4n) is 7.71. The molecular weight excluding hydrogens is 591 g/mol. The molecule has 0 aromatic heterocycles. The fraction of sp³-hybridized carbons (Fsp3) is 0.706. The van der Waals surface area contributed by atoms with E-state index < -0.39 is 17.6 Å². The van der Waals surface area contributed by atoms with Gasteiger partial charge in [-0.2, -0.15) is 0 Å². The summed E-state index contributed by atoms with van der Waals surface area (Å²) in [7, 11) is 0. The standard InChI is InChI=1S/C34H49FN6O5/c1-34(2,3)46-33(45)40-14-10-24(11-15-40)20-37-12-8-23(9-13-37)21-38-16-18-39(19-17-38)27-5-4-25-26(30(27)35)22-41(32(25)44)28-6-7-29(42)36-31(28)43/h4-5,23-24,28H,6-22H2,1-3H3,(H,36,42,43). The summed E-state index contributed by atoms with van der Waals surface area (Å²) in [6, 6.07) is 2.64. The lowest BCUT2D eigenvalue weighted by Gasteiger charge is -2.41. The molecule has 12 heteroatoms. The highest BCUT2D eigenvalue weighted by Gasteiger charge is 2.41. The molecule has 0 aliphatic carbocycles. The molecule has 0 spiro atoms. The molecule has 1 atom stereocenters. The van der Waals surface area contributed by atoms with Crippen LogP contribution in [-0.2, 0) is 20.9 Å². The van der Waals surface area contributed by atoms with E-state index in [-0.39, 0.29) is 43.1 Å². The number of nitrogens with zero attached hydrogens (tertiary/aromatic N) is 5. The number of imide groups is 1. The van der Waals surface area contributed by atoms with Crippen LogP contribution in [0, 0.1) is 17.7 Å². The minimum Gasteiger partial charge on any atom is -0.444 e. The molecule has 1 aromatic carbocycles. The predicted molar refractivity (Wildman–Crippen MR) is 171 cm³/mol. The minimum atomic E-state index is -0.750. The highest BCUT2D eigenvalue weighted by Crippen LogP contribution is 2.34. The molecule has 252 valence electrons. The first-order valence-corrected chi connectivity index (χ1v) is 17.1. The third kappa shape index (κ3) is 7.33. The largest absolute Gasteiger partial charge is 0.444 e. The zero-order valence-electron chi connectivity index (χ0n) is 27.6. The number of anilines is 1. The molecule has 1 N–H and O–H groups in total. The van der Waals surface area contributed by atoms with E-state index >= 15 is 4.39 Å². The number of piperazine rings is 1. The van der Waals surface area contributed by atoms with E-state index in [0.29, 0.717) is 28.7 Å². The maximum absolute atomic E-state index is 15.8. The van der Waals surface area contributed by atoms with E-state index in [1.165, 1.54) is 17.7 Å². The lowest BCUT2D eigenvalue weighted by molar-refractivity contribution is -0.136. The zero-order chi connectivity index (χ0) is 32.6.